The molecule has 1 N–H and O–H groups in total. The normalized spacial score (nSPS) is 11.3. The predicted molar refractivity (Wildman–Crippen MR) is 61.3 cm³/mol. The van der Waals surface area contributed by atoms with Gasteiger partial charge in [-0.05, 0) is 18.9 Å². The highest BCUT2D eigenvalue weighted by Crippen LogP contribution is 2.29. The van der Waals surface area contributed by atoms with Crippen LogP contribution in [0.1, 0.15) is 32.3 Å². The predicted octanol–water partition coefficient (Wildman–Crippen LogP) is 3.22. The van der Waals surface area contributed by atoms with Crippen molar-refractivity contribution >= 4 is 11.0 Å². The zero-order valence-corrected chi connectivity index (χ0v) is 9.67. The molecule has 0 saturated carbocycles. The number of hydrogen-bond donors (Lipinski definition) is 1. The summed E-state index contributed by atoms with van der Waals surface area (Å²) in [4.78, 5) is 7.08. The van der Waals surface area contributed by atoms with Gasteiger partial charge in [0.25, 0.3) is 0 Å². The van der Waals surface area contributed by atoms with Crippen molar-refractivity contribution in [2.45, 2.75) is 26.7 Å². The number of hydrogen-bond acceptors (Lipinski definition) is 2. The molecule has 0 amide bonds. The first-order valence-electron chi connectivity index (χ1n) is 5.43. The summed E-state index contributed by atoms with van der Waals surface area (Å²) in [5.74, 6) is 0.576. The van der Waals surface area contributed by atoms with Gasteiger partial charge in [0.2, 0.25) is 5.88 Å². The fraction of sp³-hybridized carbons (Fsp3) is 0.417. The summed E-state index contributed by atoms with van der Waals surface area (Å²) in [7, 11) is 0. The second-order valence-corrected chi connectivity index (χ2v) is 4.00. The van der Waals surface area contributed by atoms with Crippen molar-refractivity contribution in [1.82, 2.24) is 9.97 Å². The molecule has 16 heavy (non-hydrogen) atoms. The Hall–Kier alpha value is -1.58. The molecule has 0 aliphatic rings. The zero-order valence-electron chi connectivity index (χ0n) is 9.67. The van der Waals surface area contributed by atoms with Gasteiger partial charge in [-0.3, -0.25) is 0 Å². The lowest BCUT2D eigenvalue weighted by molar-refractivity contribution is 0.322. The molecule has 2 aromatic heterocycles. The van der Waals surface area contributed by atoms with E-state index in [0.717, 1.165) is 5.56 Å². The molecule has 0 aromatic carbocycles. The van der Waals surface area contributed by atoms with Gasteiger partial charge >= 0.3 is 0 Å². The van der Waals surface area contributed by atoms with Crippen LogP contribution in [0.25, 0.3) is 11.0 Å². The van der Waals surface area contributed by atoms with Crippen LogP contribution >= 0.6 is 0 Å². The molecule has 2 aromatic rings. The molecule has 3 nitrogen and oxygen atoms in total. The first-order chi connectivity index (χ1) is 7.63. The van der Waals surface area contributed by atoms with Crippen molar-refractivity contribution in [3.63, 3.8) is 0 Å². The van der Waals surface area contributed by atoms with Crippen molar-refractivity contribution < 1.29 is 9.13 Å². The number of nitrogens with one attached hydrogen (secondary N) is 1. The average Bonchev–Trinajstić information content (AvgIpc) is 2.59. The monoisotopic (exact) mass is 222 g/mol. The van der Waals surface area contributed by atoms with E-state index in [1.54, 1.807) is 0 Å². The van der Waals surface area contributed by atoms with E-state index in [-0.39, 0.29) is 11.7 Å². The molecule has 4 heteroatoms. The van der Waals surface area contributed by atoms with E-state index >= 15 is 0 Å². The third-order valence-corrected chi connectivity index (χ3v) is 2.51. The SMILES string of the molecule is CCOc1nc2[nH]cc(F)c2cc1C(C)C. The summed E-state index contributed by atoms with van der Waals surface area (Å²) >= 11 is 0. The van der Waals surface area contributed by atoms with Crippen LogP contribution < -0.4 is 4.74 Å². The summed E-state index contributed by atoms with van der Waals surface area (Å²) < 4.78 is 18.9. The highest BCUT2D eigenvalue weighted by atomic mass is 19.1. The van der Waals surface area contributed by atoms with Crippen LogP contribution in [0.5, 0.6) is 5.88 Å². The van der Waals surface area contributed by atoms with Crippen molar-refractivity contribution in [2.24, 2.45) is 0 Å². The standard InChI is InChI=1S/C12H15FN2O/c1-4-16-12-8(7(2)3)5-9-10(13)6-14-11(9)15-12/h5-7H,4H2,1-3H3,(H,14,15). The van der Waals surface area contributed by atoms with Crippen molar-refractivity contribution in [3.05, 3.63) is 23.6 Å². The van der Waals surface area contributed by atoms with Crippen LogP contribution in [0, 0.1) is 5.82 Å². The molecular formula is C12H15FN2O. The summed E-state index contributed by atoms with van der Waals surface area (Å²) in [6.45, 7) is 6.54. The minimum absolute atomic E-state index is 0.257. The van der Waals surface area contributed by atoms with Crippen molar-refractivity contribution in [3.8, 4) is 5.88 Å². The van der Waals surface area contributed by atoms with E-state index in [9.17, 15) is 4.39 Å². The number of halogens is 1. The second kappa shape index (κ2) is 4.12. The molecule has 0 saturated heterocycles. The Labute approximate surface area is 93.6 Å². The fourth-order valence-corrected chi connectivity index (χ4v) is 1.68. The van der Waals surface area contributed by atoms with Crippen molar-refractivity contribution in [2.75, 3.05) is 6.61 Å². The van der Waals surface area contributed by atoms with Gasteiger partial charge in [-0.2, -0.15) is 4.98 Å². The van der Waals surface area contributed by atoms with Crippen molar-refractivity contribution in [1.29, 1.82) is 0 Å². The first kappa shape index (κ1) is 10.9. The highest BCUT2D eigenvalue weighted by Gasteiger charge is 2.14. The zero-order chi connectivity index (χ0) is 11.7. The van der Waals surface area contributed by atoms with Gasteiger partial charge < -0.3 is 9.72 Å². The number of rotatable bonds is 3. The number of aromatic amines is 1. The van der Waals surface area contributed by atoms with Gasteiger partial charge in [0.1, 0.15) is 11.5 Å². The maximum absolute atomic E-state index is 13.4. The first-order valence-corrected chi connectivity index (χ1v) is 5.43. The molecule has 0 bridgehead atoms. The Morgan fingerprint density at radius 3 is 2.88 bits per heavy atom. The van der Waals surface area contributed by atoms with E-state index < -0.39 is 0 Å². The minimum Gasteiger partial charge on any atom is -0.478 e. The van der Waals surface area contributed by atoms with E-state index in [1.165, 1.54) is 6.20 Å². The molecule has 0 atom stereocenters. The van der Waals surface area contributed by atoms with Crippen LogP contribution in [0.3, 0.4) is 0 Å². The third kappa shape index (κ3) is 1.75. The lowest BCUT2D eigenvalue weighted by Gasteiger charge is -2.11. The molecule has 0 unspecified atom stereocenters. The summed E-state index contributed by atoms with van der Waals surface area (Å²) in [6.07, 6.45) is 1.32. The fourth-order valence-electron chi connectivity index (χ4n) is 1.68. The Bertz CT molecular complexity index is 505. The Morgan fingerprint density at radius 2 is 2.25 bits per heavy atom. The minimum atomic E-state index is -0.271. The molecule has 0 aliphatic heterocycles. The largest absolute Gasteiger partial charge is 0.478 e. The third-order valence-electron chi connectivity index (χ3n) is 2.51. The highest BCUT2D eigenvalue weighted by molar-refractivity contribution is 5.78. The van der Waals surface area contributed by atoms with Gasteiger partial charge in [0.15, 0.2) is 0 Å². The molecule has 86 valence electrons. The maximum Gasteiger partial charge on any atom is 0.218 e. The molecule has 2 rings (SSSR count). The van der Waals surface area contributed by atoms with Crippen LogP contribution in [0.4, 0.5) is 4.39 Å². The van der Waals surface area contributed by atoms with Crippen LogP contribution in [0.2, 0.25) is 0 Å². The van der Waals surface area contributed by atoms with Gasteiger partial charge in [-0.1, -0.05) is 13.8 Å². The Kier molecular flexibility index (Phi) is 2.81. The number of pyridine rings is 1. The molecule has 0 spiro atoms. The summed E-state index contributed by atoms with van der Waals surface area (Å²) in [6, 6.07) is 1.81. The smallest absolute Gasteiger partial charge is 0.218 e. The summed E-state index contributed by atoms with van der Waals surface area (Å²) in [5, 5.41) is 0.521. The summed E-state index contributed by atoms with van der Waals surface area (Å²) in [5.41, 5.74) is 1.47. The molecule has 0 aliphatic carbocycles. The van der Waals surface area contributed by atoms with Gasteiger partial charge in [-0.25, -0.2) is 4.39 Å². The molecular weight excluding hydrogens is 207 g/mol. The molecule has 2 heterocycles. The quantitative estimate of drug-likeness (QED) is 0.865. The molecule has 0 fully saturated rings. The Balaban J connectivity index is 2.63. The average molecular weight is 222 g/mol. The maximum atomic E-state index is 13.4. The number of nitrogens with zero attached hydrogens (tertiary/aromatic N) is 1. The lowest BCUT2D eigenvalue weighted by Crippen LogP contribution is -2.01. The van der Waals surface area contributed by atoms with Crippen LogP contribution in [-0.2, 0) is 0 Å². The van der Waals surface area contributed by atoms with E-state index in [2.05, 4.69) is 9.97 Å². The van der Waals surface area contributed by atoms with Gasteiger partial charge in [0.05, 0.1) is 12.0 Å². The Morgan fingerprint density at radius 1 is 1.50 bits per heavy atom. The number of fused-ring (bicyclic) bond motifs is 1. The number of aromatic nitrogens is 2. The van der Waals surface area contributed by atoms with Crippen LogP contribution in [-0.4, -0.2) is 16.6 Å². The second-order valence-electron chi connectivity index (χ2n) is 4.00. The van der Waals surface area contributed by atoms with E-state index in [4.69, 9.17) is 4.74 Å². The molecule has 0 radical (unpaired) electrons. The van der Waals surface area contributed by atoms with Gasteiger partial charge in [0, 0.05) is 11.8 Å². The van der Waals surface area contributed by atoms with E-state index in [0.29, 0.717) is 23.5 Å². The topological polar surface area (TPSA) is 37.9 Å². The van der Waals surface area contributed by atoms with Crippen LogP contribution in [0.15, 0.2) is 12.3 Å². The number of ether oxygens (including phenoxy) is 1. The number of H-pyrrole nitrogens is 1. The lowest BCUT2D eigenvalue weighted by atomic mass is 10.0. The van der Waals surface area contributed by atoms with Gasteiger partial charge in [-0.15, -0.1) is 0 Å². The van der Waals surface area contributed by atoms with E-state index in [1.807, 2.05) is 26.8 Å².